The molecule has 16 heavy (non-hydrogen) atoms. The quantitative estimate of drug-likeness (QED) is 0.830. The predicted octanol–water partition coefficient (Wildman–Crippen LogP) is 3.54. The van der Waals surface area contributed by atoms with Crippen LogP contribution >= 0.6 is 0 Å². The number of hydrogen-bond acceptors (Lipinski definition) is 1. The summed E-state index contributed by atoms with van der Waals surface area (Å²) in [6, 6.07) is 5.80. The lowest BCUT2D eigenvalue weighted by Gasteiger charge is -2.25. The van der Waals surface area contributed by atoms with E-state index < -0.39 is 6.17 Å². The maximum Gasteiger partial charge on any atom is 0.130 e. The lowest BCUT2D eigenvalue weighted by atomic mass is 9.85. The van der Waals surface area contributed by atoms with Crippen molar-refractivity contribution in [2.24, 2.45) is 17.6 Å². The van der Waals surface area contributed by atoms with Gasteiger partial charge in [0.1, 0.15) is 6.17 Å². The second-order valence-electron chi connectivity index (χ2n) is 4.83. The summed E-state index contributed by atoms with van der Waals surface area (Å²) in [7, 11) is 0. The van der Waals surface area contributed by atoms with Gasteiger partial charge in [-0.25, -0.2) is 4.39 Å². The van der Waals surface area contributed by atoms with Crippen LogP contribution in [0.4, 0.5) is 4.39 Å². The fourth-order valence-corrected chi connectivity index (χ4v) is 2.03. The Labute approximate surface area is 97.9 Å². The molecule has 0 aliphatic rings. The van der Waals surface area contributed by atoms with E-state index in [1.807, 2.05) is 45.9 Å². The molecule has 1 aromatic rings. The van der Waals surface area contributed by atoms with Gasteiger partial charge in [0.05, 0.1) is 0 Å². The molecule has 0 aromatic heterocycles. The Bertz CT molecular complexity index is 347. The van der Waals surface area contributed by atoms with Crippen molar-refractivity contribution in [3.8, 4) is 0 Å². The molecule has 0 bridgehead atoms. The van der Waals surface area contributed by atoms with Crippen molar-refractivity contribution in [2.45, 2.75) is 33.9 Å². The van der Waals surface area contributed by atoms with E-state index in [4.69, 9.17) is 5.73 Å². The van der Waals surface area contributed by atoms with Crippen molar-refractivity contribution in [2.75, 3.05) is 6.54 Å². The third kappa shape index (κ3) is 2.62. The zero-order valence-corrected chi connectivity index (χ0v) is 10.6. The maximum atomic E-state index is 14.4. The van der Waals surface area contributed by atoms with Crippen molar-refractivity contribution in [3.63, 3.8) is 0 Å². The van der Waals surface area contributed by atoms with Gasteiger partial charge < -0.3 is 5.73 Å². The third-order valence-electron chi connectivity index (χ3n) is 3.45. The van der Waals surface area contributed by atoms with E-state index in [1.165, 1.54) is 0 Å². The number of hydrogen-bond donors (Lipinski definition) is 1. The van der Waals surface area contributed by atoms with E-state index in [9.17, 15) is 4.39 Å². The number of alkyl halides is 1. The highest BCUT2D eigenvalue weighted by Gasteiger charge is 2.25. The molecule has 0 spiro atoms. The van der Waals surface area contributed by atoms with E-state index in [-0.39, 0.29) is 11.8 Å². The molecule has 0 saturated carbocycles. The minimum absolute atomic E-state index is 0.0968. The van der Waals surface area contributed by atoms with Crippen molar-refractivity contribution in [1.29, 1.82) is 0 Å². The van der Waals surface area contributed by atoms with Crippen LogP contribution in [0.1, 0.15) is 36.7 Å². The third-order valence-corrected chi connectivity index (χ3v) is 3.45. The zero-order valence-electron chi connectivity index (χ0n) is 10.6. The summed E-state index contributed by atoms with van der Waals surface area (Å²) in [5.74, 6) is 0.167. The van der Waals surface area contributed by atoms with Crippen LogP contribution in [0.5, 0.6) is 0 Å². The predicted molar refractivity (Wildman–Crippen MR) is 67.1 cm³/mol. The van der Waals surface area contributed by atoms with Crippen LogP contribution in [-0.2, 0) is 0 Å². The summed E-state index contributed by atoms with van der Waals surface area (Å²) in [5.41, 5.74) is 8.64. The van der Waals surface area contributed by atoms with E-state index in [0.29, 0.717) is 6.54 Å². The standard InChI is InChI=1S/C14H22FN/c1-9(2)13(8-16)14(15)12-7-5-6-10(3)11(12)4/h5-7,9,13-14H,8,16H2,1-4H3. The van der Waals surface area contributed by atoms with Crippen molar-refractivity contribution in [1.82, 2.24) is 0 Å². The molecule has 0 saturated heterocycles. The molecule has 0 heterocycles. The Morgan fingerprint density at radius 2 is 1.88 bits per heavy atom. The summed E-state index contributed by atoms with van der Waals surface area (Å²) in [6.45, 7) is 8.43. The fourth-order valence-electron chi connectivity index (χ4n) is 2.03. The van der Waals surface area contributed by atoms with Gasteiger partial charge >= 0.3 is 0 Å². The second kappa shape index (κ2) is 5.44. The number of benzene rings is 1. The SMILES string of the molecule is Cc1cccc(C(F)C(CN)C(C)C)c1C. The Morgan fingerprint density at radius 1 is 1.25 bits per heavy atom. The van der Waals surface area contributed by atoms with E-state index in [2.05, 4.69) is 0 Å². The molecular formula is C14H22FN. The van der Waals surface area contributed by atoms with Crippen LogP contribution in [0.25, 0.3) is 0 Å². The Morgan fingerprint density at radius 3 is 2.38 bits per heavy atom. The highest BCUT2D eigenvalue weighted by Crippen LogP contribution is 2.33. The number of halogens is 1. The molecule has 1 nitrogen and oxygen atoms in total. The van der Waals surface area contributed by atoms with Gasteiger partial charge in [-0.15, -0.1) is 0 Å². The average Bonchev–Trinajstić information content (AvgIpc) is 2.22. The van der Waals surface area contributed by atoms with Gasteiger partial charge in [0.2, 0.25) is 0 Å². The minimum atomic E-state index is -0.954. The molecule has 0 aliphatic carbocycles. The van der Waals surface area contributed by atoms with Crippen molar-refractivity contribution < 1.29 is 4.39 Å². The Kier molecular flexibility index (Phi) is 4.48. The fraction of sp³-hybridized carbons (Fsp3) is 0.571. The summed E-state index contributed by atoms with van der Waals surface area (Å²) in [4.78, 5) is 0. The van der Waals surface area contributed by atoms with Crippen LogP contribution in [0.2, 0.25) is 0 Å². The highest BCUT2D eigenvalue weighted by molar-refractivity contribution is 5.35. The molecule has 0 aliphatic heterocycles. The van der Waals surface area contributed by atoms with E-state index in [0.717, 1.165) is 16.7 Å². The van der Waals surface area contributed by atoms with Gasteiger partial charge in [-0.3, -0.25) is 0 Å². The van der Waals surface area contributed by atoms with Gasteiger partial charge in [-0.05, 0) is 43.0 Å². The molecule has 90 valence electrons. The second-order valence-corrected chi connectivity index (χ2v) is 4.83. The van der Waals surface area contributed by atoms with Crippen LogP contribution in [0.15, 0.2) is 18.2 Å². The molecule has 2 heteroatoms. The number of aryl methyl sites for hydroxylation is 1. The monoisotopic (exact) mass is 223 g/mol. The molecule has 0 amide bonds. The molecular weight excluding hydrogens is 201 g/mol. The molecule has 2 atom stereocenters. The first kappa shape index (κ1) is 13.2. The highest BCUT2D eigenvalue weighted by atomic mass is 19.1. The van der Waals surface area contributed by atoms with Gasteiger partial charge in [0, 0.05) is 5.92 Å². The lowest BCUT2D eigenvalue weighted by Crippen LogP contribution is -2.25. The molecule has 2 N–H and O–H groups in total. The maximum absolute atomic E-state index is 14.4. The number of nitrogens with two attached hydrogens (primary N) is 1. The molecule has 2 unspecified atom stereocenters. The van der Waals surface area contributed by atoms with E-state index in [1.54, 1.807) is 0 Å². The van der Waals surface area contributed by atoms with Gasteiger partial charge in [-0.1, -0.05) is 32.0 Å². The summed E-state index contributed by atoms with van der Waals surface area (Å²) in [6.07, 6.45) is -0.954. The molecule has 0 fully saturated rings. The molecule has 1 aromatic carbocycles. The summed E-state index contributed by atoms with van der Waals surface area (Å²) < 4.78 is 14.4. The first-order valence-electron chi connectivity index (χ1n) is 5.89. The van der Waals surface area contributed by atoms with Crippen LogP contribution in [-0.4, -0.2) is 6.54 Å². The topological polar surface area (TPSA) is 26.0 Å². The first-order chi connectivity index (χ1) is 7.49. The van der Waals surface area contributed by atoms with Gasteiger partial charge in [-0.2, -0.15) is 0 Å². The van der Waals surface area contributed by atoms with Crippen LogP contribution in [0.3, 0.4) is 0 Å². The van der Waals surface area contributed by atoms with E-state index >= 15 is 0 Å². The molecule has 1 rings (SSSR count). The Hall–Kier alpha value is -0.890. The summed E-state index contributed by atoms with van der Waals surface area (Å²) in [5, 5.41) is 0. The largest absolute Gasteiger partial charge is 0.330 e. The lowest BCUT2D eigenvalue weighted by molar-refractivity contribution is 0.188. The zero-order chi connectivity index (χ0) is 12.3. The first-order valence-corrected chi connectivity index (χ1v) is 5.89. The normalized spacial score (nSPS) is 15.2. The van der Waals surface area contributed by atoms with Crippen LogP contribution < -0.4 is 5.73 Å². The minimum Gasteiger partial charge on any atom is -0.330 e. The number of rotatable bonds is 4. The van der Waals surface area contributed by atoms with Gasteiger partial charge in [0.25, 0.3) is 0 Å². The smallest absolute Gasteiger partial charge is 0.130 e. The Balaban J connectivity index is 3.03. The summed E-state index contributed by atoms with van der Waals surface area (Å²) >= 11 is 0. The van der Waals surface area contributed by atoms with Crippen LogP contribution in [0, 0.1) is 25.7 Å². The molecule has 0 radical (unpaired) electrons. The van der Waals surface area contributed by atoms with Crippen molar-refractivity contribution >= 4 is 0 Å². The average molecular weight is 223 g/mol. The van der Waals surface area contributed by atoms with Gasteiger partial charge in [0.15, 0.2) is 0 Å². The van der Waals surface area contributed by atoms with Crippen molar-refractivity contribution in [3.05, 3.63) is 34.9 Å².